The van der Waals surface area contributed by atoms with E-state index in [-0.39, 0.29) is 10.5 Å². The van der Waals surface area contributed by atoms with Gasteiger partial charge in [0.1, 0.15) is 4.90 Å². The maximum atomic E-state index is 12.3. The van der Waals surface area contributed by atoms with Crippen LogP contribution in [0.2, 0.25) is 0 Å². The highest BCUT2D eigenvalue weighted by Crippen LogP contribution is 2.39. The molecule has 0 aliphatic heterocycles. The number of rotatable bonds is 5. The third kappa shape index (κ3) is 3.70. The Hall–Kier alpha value is -3.52. The lowest BCUT2D eigenvalue weighted by Crippen LogP contribution is -2.12. The summed E-state index contributed by atoms with van der Waals surface area (Å²) in [5.41, 5.74) is -1.62. The lowest BCUT2D eigenvalue weighted by Gasteiger charge is -2.08. The third-order valence-corrected chi connectivity index (χ3v) is 4.31. The van der Waals surface area contributed by atoms with E-state index in [1.807, 2.05) is 0 Å². The summed E-state index contributed by atoms with van der Waals surface area (Å²) >= 11 is 0. The zero-order valence-corrected chi connectivity index (χ0v) is 13.4. The fourth-order valence-corrected chi connectivity index (χ4v) is 2.84. The van der Waals surface area contributed by atoms with E-state index in [9.17, 15) is 28.6 Å². The molecule has 0 bridgehead atoms. The van der Waals surface area contributed by atoms with Gasteiger partial charge in [-0.2, -0.15) is 13.7 Å². The van der Waals surface area contributed by atoms with Crippen LogP contribution in [0.25, 0.3) is 0 Å². The van der Waals surface area contributed by atoms with Crippen molar-refractivity contribution in [3.05, 3.63) is 67.8 Å². The molecule has 0 amide bonds. The molecule has 128 valence electrons. The smallest absolute Gasteiger partial charge is 0.339 e. The minimum absolute atomic E-state index is 0.328. The van der Waals surface area contributed by atoms with Crippen LogP contribution in [0.5, 0.6) is 5.75 Å². The molecule has 0 spiro atoms. The summed E-state index contributed by atoms with van der Waals surface area (Å²) < 4.78 is 29.3. The standard InChI is InChI=1S/C14H9N3O7S/c1-9-2-4-11(5-3-9)25(22,23)24-14-12(16(18)19)6-10(8-15)7-13(14)17(20)21/h2-7H,1H3. The van der Waals surface area contributed by atoms with Gasteiger partial charge in [-0.1, -0.05) is 17.7 Å². The van der Waals surface area contributed by atoms with Crippen LogP contribution in [0.1, 0.15) is 11.1 Å². The van der Waals surface area contributed by atoms with Gasteiger partial charge in [0.2, 0.25) is 0 Å². The average Bonchev–Trinajstić information content (AvgIpc) is 2.54. The van der Waals surface area contributed by atoms with Crippen molar-refractivity contribution in [2.24, 2.45) is 0 Å². The van der Waals surface area contributed by atoms with Gasteiger partial charge in [0.25, 0.3) is 5.75 Å². The summed E-state index contributed by atoms with van der Waals surface area (Å²) in [6.45, 7) is 1.72. The van der Waals surface area contributed by atoms with Crippen LogP contribution in [-0.4, -0.2) is 18.3 Å². The fraction of sp³-hybridized carbons (Fsp3) is 0.0714. The Labute approximate surface area is 141 Å². The molecule has 2 rings (SSSR count). The predicted octanol–water partition coefficient (Wildman–Crippen LogP) is 2.45. The number of nitrogens with zero attached hydrogens (tertiary/aromatic N) is 3. The van der Waals surface area contributed by atoms with Crippen LogP contribution in [-0.2, 0) is 10.1 Å². The van der Waals surface area contributed by atoms with Crippen molar-refractivity contribution in [1.29, 1.82) is 5.26 Å². The number of hydrogen-bond donors (Lipinski definition) is 0. The van der Waals surface area contributed by atoms with Gasteiger partial charge >= 0.3 is 21.5 Å². The van der Waals surface area contributed by atoms with E-state index in [0.29, 0.717) is 12.1 Å². The zero-order valence-electron chi connectivity index (χ0n) is 12.6. The molecule has 0 N–H and O–H groups in total. The molecule has 11 heteroatoms. The Balaban J connectivity index is 2.65. The molecule has 0 aliphatic carbocycles. The summed E-state index contributed by atoms with van der Waals surface area (Å²) in [7, 11) is -4.55. The maximum absolute atomic E-state index is 12.3. The van der Waals surface area contributed by atoms with Crippen LogP contribution in [0, 0.1) is 38.5 Å². The van der Waals surface area contributed by atoms with Crippen LogP contribution in [0.3, 0.4) is 0 Å². The Bertz CT molecular complexity index is 973. The van der Waals surface area contributed by atoms with Gasteiger partial charge in [0, 0.05) is 12.1 Å². The summed E-state index contributed by atoms with van der Waals surface area (Å²) in [6.07, 6.45) is 0. The summed E-state index contributed by atoms with van der Waals surface area (Å²) in [6, 6.07) is 8.28. The lowest BCUT2D eigenvalue weighted by atomic mass is 10.1. The number of benzene rings is 2. The van der Waals surface area contributed by atoms with E-state index in [1.165, 1.54) is 30.3 Å². The minimum atomic E-state index is -4.55. The van der Waals surface area contributed by atoms with Gasteiger partial charge in [0.15, 0.2) is 0 Å². The molecule has 0 unspecified atom stereocenters. The molecule has 0 aliphatic rings. The van der Waals surface area contributed by atoms with Crippen molar-refractivity contribution in [2.45, 2.75) is 11.8 Å². The molecule has 0 saturated carbocycles. The Morgan fingerprint density at radius 1 is 1.04 bits per heavy atom. The topological polar surface area (TPSA) is 153 Å². The van der Waals surface area contributed by atoms with E-state index in [0.717, 1.165) is 5.56 Å². The second-order valence-corrected chi connectivity index (χ2v) is 6.37. The van der Waals surface area contributed by atoms with Crippen molar-refractivity contribution < 1.29 is 22.4 Å². The quantitative estimate of drug-likeness (QED) is 0.446. The first kappa shape index (κ1) is 17.8. The molecular weight excluding hydrogens is 354 g/mol. The predicted molar refractivity (Wildman–Crippen MR) is 83.5 cm³/mol. The molecule has 25 heavy (non-hydrogen) atoms. The number of nitro groups is 2. The fourth-order valence-electron chi connectivity index (χ4n) is 1.88. The first-order valence-corrected chi connectivity index (χ1v) is 7.94. The van der Waals surface area contributed by atoms with Gasteiger partial charge in [0.05, 0.1) is 21.5 Å². The van der Waals surface area contributed by atoms with Gasteiger partial charge in [-0.3, -0.25) is 20.2 Å². The second-order valence-electron chi connectivity index (χ2n) is 4.82. The highest BCUT2D eigenvalue weighted by atomic mass is 32.2. The normalized spacial score (nSPS) is 10.7. The number of aryl methyl sites for hydroxylation is 1. The first-order valence-electron chi connectivity index (χ1n) is 6.54. The first-order chi connectivity index (χ1) is 11.7. The molecule has 0 fully saturated rings. The molecule has 0 saturated heterocycles. The molecular formula is C14H9N3O7S. The Morgan fingerprint density at radius 3 is 1.92 bits per heavy atom. The maximum Gasteiger partial charge on any atom is 0.339 e. The van der Waals surface area contributed by atoms with Gasteiger partial charge < -0.3 is 4.18 Å². The van der Waals surface area contributed by atoms with E-state index in [2.05, 4.69) is 0 Å². The van der Waals surface area contributed by atoms with Crippen molar-refractivity contribution in [1.82, 2.24) is 0 Å². The molecule has 2 aromatic carbocycles. The molecule has 2 aromatic rings. The Morgan fingerprint density at radius 2 is 1.52 bits per heavy atom. The van der Waals surface area contributed by atoms with Crippen molar-refractivity contribution in [3.8, 4) is 11.8 Å². The van der Waals surface area contributed by atoms with Crippen LogP contribution in [0.4, 0.5) is 11.4 Å². The average molecular weight is 363 g/mol. The molecule has 0 aromatic heterocycles. The van der Waals surface area contributed by atoms with Crippen molar-refractivity contribution in [2.75, 3.05) is 0 Å². The second kappa shape index (κ2) is 6.54. The largest absolute Gasteiger partial charge is 0.364 e. The summed E-state index contributed by atoms with van der Waals surface area (Å²) in [5.74, 6) is -1.06. The van der Waals surface area contributed by atoms with E-state index in [4.69, 9.17) is 9.44 Å². The van der Waals surface area contributed by atoms with Crippen molar-refractivity contribution in [3.63, 3.8) is 0 Å². The number of nitriles is 1. The molecule has 0 atom stereocenters. The minimum Gasteiger partial charge on any atom is -0.364 e. The summed E-state index contributed by atoms with van der Waals surface area (Å²) in [4.78, 5) is 19.8. The lowest BCUT2D eigenvalue weighted by molar-refractivity contribution is -0.395. The van der Waals surface area contributed by atoms with Crippen LogP contribution < -0.4 is 4.18 Å². The van der Waals surface area contributed by atoms with Crippen LogP contribution in [0.15, 0.2) is 41.3 Å². The highest BCUT2D eigenvalue weighted by Gasteiger charge is 2.33. The van der Waals surface area contributed by atoms with Crippen molar-refractivity contribution >= 4 is 21.5 Å². The number of nitro benzene ring substituents is 2. The van der Waals surface area contributed by atoms with E-state index in [1.54, 1.807) is 6.92 Å². The van der Waals surface area contributed by atoms with Gasteiger partial charge in [-0.15, -0.1) is 0 Å². The van der Waals surface area contributed by atoms with E-state index >= 15 is 0 Å². The van der Waals surface area contributed by atoms with Gasteiger partial charge in [-0.05, 0) is 19.1 Å². The molecule has 10 nitrogen and oxygen atoms in total. The molecule has 0 heterocycles. The monoisotopic (exact) mass is 363 g/mol. The van der Waals surface area contributed by atoms with Gasteiger partial charge in [-0.25, -0.2) is 0 Å². The van der Waals surface area contributed by atoms with Crippen LogP contribution >= 0.6 is 0 Å². The Kier molecular flexibility index (Phi) is 4.66. The zero-order chi connectivity index (χ0) is 18.8. The SMILES string of the molecule is Cc1ccc(S(=O)(=O)Oc2c([N+](=O)[O-])cc(C#N)cc2[N+](=O)[O-])cc1. The molecule has 0 radical (unpaired) electrons. The third-order valence-electron chi connectivity index (χ3n) is 3.07. The highest BCUT2D eigenvalue weighted by molar-refractivity contribution is 7.87. The number of hydrogen-bond acceptors (Lipinski definition) is 8. The van der Waals surface area contributed by atoms with E-state index < -0.39 is 37.1 Å². The summed E-state index contributed by atoms with van der Waals surface area (Å²) in [5, 5.41) is 31.1.